The van der Waals surface area contributed by atoms with E-state index in [1.807, 2.05) is 0 Å². The second-order valence-electron chi connectivity index (χ2n) is 6.58. The molecule has 0 unspecified atom stereocenters. The number of rotatable bonds is 5. The first kappa shape index (κ1) is 19.4. The van der Waals surface area contributed by atoms with Crippen LogP contribution >= 0.6 is 0 Å². The van der Waals surface area contributed by atoms with E-state index in [1.54, 1.807) is 6.07 Å². The Kier molecular flexibility index (Phi) is 5.86. The van der Waals surface area contributed by atoms with Gasteiger partial charge >= 0.3 is 0 Å². The van der Waals surface area contributed by atoms with Crippen LogP contribution in [0.1, 0.15) is 18.4 Å². The van der Waals surface area contributed by atoms with Crippen LogP contribution < -0.4 is 5.32 Å². The number of hydrogen-bond donors (Lipinski definition) is 1. The Hall–Kier alpha value is -2.32. The Morgan fingerprint density at radius 1 is 1.11 bits per heavy atom. The van der Waals surface area contributed by atoms with E-state index in [4.69, 9.17) is 0 Å². The zero-order valence-electron chi connectivity index (χ0n) is 14.6. The Morgan fingerprint density at radius 3 is 2.56 bits per heavy atom. The molecule has 0 saturated carbocycles. The van der Waals surface area contributed by atoms with Gasteiger partial charge in [0, 0.05) is 18.8 Å². The number of halogens is 2. The maximum Gasteiger partial charge on any atom is 0.228 e. The number of amides is 1. The van der Waals surface area contributed by atoms with Crippen molar-refractivity contribution >= 4 is 21.6 Å². The number of sulfonamides is 1. The molecule has 8 heteroatoms. The van der Waals surface area contributed by atoms with Crippen molar-refractivity contribution < 1.29 is 22.0 Å². The number of piperidine rings is 1. The summed E-state index contributed by atoms with van der Waals surface area (Å²) in [6.45, 7) is 0.415. The van der Waals surface area contributed by atoms with Crippen molar-refractivity contribution in [3.63, 3.8) is 0 Å². The zero-order valence-corrected chi connectivity index (χ0v) is 15.4. The van der Waals surface area contributed by atoms with Crippen LogP contribution in [-0.2, 0) is 20.6 Å². The van der Waals surface area contributed by atoms with Gasteiger partial charge in [0.05, 0.1) is 11.7 Å². The van der Waals surface area contributed by atoms with Crippen LogP contribution in [0.15, 0.2) is 48.5 Å². The summed E-state index contributed by atoms with van der Waals surface area (Å²) >= 11 is 0. The van der Waals surface area contributed by atoms with Crippen molar-refractivity contribution in [2.24, 2.45) is 5.92 Å². The van der Waals surface area contributed by atoms with Gasteiger partial charge in [0.1, 0.15) is 11.6 Å². The molecule has 1 amide bonds. The number of benzene rings is 2. The molecule has 5 nitrogen and oxygen atoms in total. The Morgan fingerprint density at radius 2 is 1.85 bits per heavy atom. The molecular weight excluding hydrogens is 374 g/mol. The fourth-order valence-electron chi connectivity index (χ4n) is 3.10. The normalized spacial score (nSPS) is 18.2. The molecule has 1 fully saturated rings. The summed E-state index contributed by atoms with van der Waals surface area (Å²) in [5.74, 6) is -1.97. The molecule has 0 spiro atoms. The lowest BCUT2D eigenvalue weighted by Gasteiger charge is -2.31. The minimum atomic E-state index is -3.62. The molecule has 1 N–H and O–H groups in total. The highest BCUT2D eigenvalue weighted by Crippen LogP contribution is 2.23. The van der Waals surface area contributed by atoms with Gasteiger partial charge in [-0.1, -0.05) is 18.2 Å². The molecule has 2 aromatic carbocycles. The summed E-state index contributed by atoms with van der Waals surface area (Å²) < 4.78 is 52.9. The molecule has 27 heavy (non-hydrogen) atoms. The molecule has 1 saturated heterocycles. The standard InChI is InChI=1S/C19H20F2N2O3S/c20-16-8-6-14(7-9-16)13-27(25,26)23-10-2-3-15(12-23)19(24)22-18-5-1-4-17(21)11-18/h1,4-9,11,15H,2-3,10,12-13H2,(H,22,24)/t15-/m1/s1. The van der Waals surface area contributed by atoms with Crippen LogP contribution in [0.2, 0.25) is 0 Å². The molecule has 1 aliphatic rings. The lowest BCUT2D eigenvalue weighted by molar-refractivity contribution is -0.120. The second kappa shape index (κ2) is 8.14. The second-order valence-corrected chi connectivity index (χ2v) is 8.55. The third-order valence-electron chi connectivity index (χ3n) is 4.50. The minimum absolute atomic E-state index is 0.0741. The molecule has 2 aromatic rings. The van der Waals surface area contributed by atoms with Crippen molar-refractivity contribution in [2.75, 3.05) is 18.4 Å². The first-order chi connectivity index (χ1) is 12.8. The maximum absolute atomic E-state index is 13.2. The quantitative estimate of drug-likeness (QED) is 0.847. The maximum atomic E-state index is 13.2. The van der Waals surface area contributed by atoms with Crippen molar-refractivity contribution in [2.45, 2.75) is 18.6 Å². The molecule has 0 bridgehead atoms. The Balaban J connectivity index is 1.65. The highest BCUT2D eigenvalue weighted by atomic mass is 32.2. The number of carbonyl (C=O) groups excluding carboxylic acids is 1. The van der Waals surface area contributed by atoms with Crippen LogP contribution in [0.3, 0.4) is 0 Å². The van der Waals surface area contributed by atoms with Gasteiger partial charge < -0.3 is 5.32 Å². The third-order valence-corrected chi connectivity index (χ3v) is 6.32. The van der Waals surface area contributed by atoms with Gasteiger partial charge in [-0.2, -0.15) is 0 Å². The fourth-order valence-corrected chi connectivity index (χ4v) is 4.71. The van der Waals surface area contributed by atoms with Gasteiger partial charge in [-0.05, 0) is 48.7 Å². The van der Waals surface area contributed by atoms with Crippen molar-refractivity contribution in [1.29, 1.82) is 0 Å². The molecule has 3 rings (SSSR count). The molecule has 144 valence electrons. The van der Waals surface area contributed by atoms with Crippen LogP contribution in [-0.4, -0.2) is 31.7 Å². The number of nitrogens with one attached hydrogen (secondary N) is 1. The third kappa shape index (κ3) is 5.11. The van der Waals surface area contributed by atoms with Gasteiger partial charge in [0.25, 0.3) is 0 Å². The fraction of sp³-hybridized carbons (Fsp3) is 0.316. The molecule has 0 aromatic heterocycles. The predicted molar refractivity (Wildman–Crippen MR) is 98.4 cm³/mol. The SMILES string of the molecule is O=C(Nc1cccc(F)c1)[C@@H]1CCCN(S(=O)(=O)Cc2ccc(F)cc2)C1. The average molecular weight is 394 g/mol. The summed E-state index contributed by atoms with van der Waals surface area (Å²) in [5.41, 5.74) is 0.828. The highest BCUT2D eigenvalue weighted by Gasteiger charge is 2.32. The van der Waals surface area contributed by atoms with Crippen molar-refractivity contribution in [3.05, 3.63) is 65.7 Å². The number of carbonyl (C=O) groups is 1. The van der Waals surface area contributed by atoms with Gasteiger partial charge in [-0.15, -0.1) is 0 Å². The van der Waals surface area contributed by atoms with Gasteiger partial charge in [-0.25, -0.2) is 21.5 Å². The largest absolute Gasteiger partial charge is 0.326 e. The Labute approximate surface area is 157 Å². The number of anilines is 1. The highest BCUT2D eigenvalue weighted by molar-refractivity contribution is 7.88. The molecule has 1 heterocycles. The van der Waals surface area contributed by atoms with Gasteiger partial charge in [-0.3, -0.25) is 4.79 Å². The molecule has 1 aliphatic heterocycles. The van der Waals surface area contributed by atoms with E-state index >= 15 is 0 Å². The summed E-state index contributed by atoms with van der Waals surface area (Å²) in [4.78, 5) is 12.5. The molecule has 1 atom stereocenters. The molecule has 0 aliphatic carbocycles. The lowest BCUT2D eigenvalue weighted by atomic mass is 9.99. The summed E-state index contributed by atoms with van der Waals surface area (Å²) in [7, 11) is -3.62. The van der Waals surface area contributed by atoms with E-state index in [2.05, 4.69) is 5.32 Å². The van der Waals surface area contributed by atoms with Crippen LogP contribution in [0, 0.1) is 17.6 Å². The monoisotopic (exact) mass is 394 g/mol. The summed E-state index contributed by atoms with van der Waals surface area (Å²) in [6, 6.07) is 10.9. The average Bonchev–Trinajstić information content (AvgIpc) is 2.63. The van der Waals surface area contributed by atoms with Gasteiger partial charge in [0.2, 0.25) is 15.9 Å². The Bertz CT molecular complexity index is 917. The predicted octanol–water partition coefficient (Wildman–Crippen LogP) is 3.15. The van der Waals surface area contributed by atoms with E-state index in [0.717, 1.165) is 0 Å². The van der Waals surface area contributed by atoms with Crippen LogP contribution in [0.5, 0.6) is 0 Å². The minimum Gasteiger partial charge on any atom is -0.326 e. The summed E-state index contributed by atoms with van der Waals surface area (Å²) in [6.07, 6.45) is 1.12. The van der Waals surface area contributed by atoms with Crippen molar-refractivity contribution in [3.8, 4) is 0 Å². The van der Waals surface area contributed by atoms with Crippen LogP contribution in [0.25, 0.3) is 0 Å². The van der Waals surface area contributed by atoms with E-state index in [0.29, 0.717) is 30.6 Å². The van der Waals surface area contributed by atoms with E-state index < -0.39 is 27.6 Å². The zero-order chi connectivity index (χ0) is 19.4. The van der Waals surface area contributed by atoms with Crippen molar-refractivity contribution in [1.82, 2.24) is 4.31 Å². The summed E-state index contributed by atoms with van der Waals surface area (Å²) in [5, 5.41) is 2.64. The van der Waals surface area contributed by atoms with E-state index in [9.17, 15) is 22.0 Å². The number of hydrogen-bond acceptors (Lipinski definition) is 3. The first-order valence-corrected chi connectivity index (χ1v) is 10.2. The molecule has 0 radical (unpaired) electrons. The van der Waals surface area contributed by atoms with Gasteiger partial charge in [0.15, 0.2) is 0 Å². The smallest absolute Gasteiger partial charge is 0.228 e. The first-order valence-electron chi connectivity index (χ1n) is 8.62. The molecular formula is C19H20F2N2O3S. The van der Waals surface area contributed by atoms with Crippen LogP contribution in [0.4, 0.5) is 14.5 Å². The number of nitrogens with zero attached hydrogens (tertiary/aromatic N) is 1. The van der Waals surface area contributed by atoms with E-state index in [1.165, 1.54) is 46.8 Å². The topological polar surface area (TPSA) is 66.5 Å². The lowest BCUT2D eigenvalue weighted by Crippen LogP contribution is -2.44. The van der Waals surface area contributed by atoms with E-state index in [-0.39, 0.29) is 18.2 Å².